The molecule has 4 nitrogen and oxygen atoms in total. The Bertz CT molecular complexity index is 391. The van der Waals surface area contributed by atoms with Crippen LogP contribution >= 0.6 is 11.3 Å². The molecule has 0 aliphatic carbocycles. The highest BCUT2D eigenvalue weighted by atomic mass is 32.1. The predicted molar refractivity (Wildman–Crippen MR) is 74.8 cm³/mol. The molecule has 1 aromatic rings. The highest BCUT2D eigenvalue weighted by Gasteiger charge is 2.31. The van der Waals surface area contributed by atoms with E-state index in [0.29, 0.717) is 6.10 Å². The lowest BCUT2D eigenvalue weighted by atomic mass is 10.1. The molecule has 0 aromatic carbocycles. The van der Waals surface area contributed by atoms with E-state index < -0.39 is 0 Å². The van der Waals surface area contributed by atoms with Gasteiger partial charge in [0.2, 0.25) is 0 Å². The van der Waals surface area contributed by atoms with Crippen molar-refractivity contribution in [1.29, 1.82) is 0 Å². The van der Waals surface area contributed by atoms with Gasteiger partial charge in [-0.15, -0.1) is 11.3 Å². The number of nitrogens with one attached hydrogen (secondary N) is 1. The third-order valence-corrected chi connectivity index (χ3v) is 3.85. The van der Waals surface area contributed by atoms with Gasteiger partial charge in [0, 0.05) is 31.6 Å². The van der Waals surface area contributed by atoms with Crippen molar-refractivity contribution in [2.45, 2.75) is 45.6 Å². The van der Waals surface area contributed by atoms with Gasteiger partial charge in [-0.3, -0.25) is 4.90 Å². The minimum Gasteiger partial charge on any atom is -0.370 e. The monoisotopic (exact) mass is 269 g/mol. The van der Waals surface area contributed by atoms with Crippen LogP contribution in [0.1, 0.15) is 31.5 Å². The normalized spacial score (nSPS) is 24.3. The molecule has 0 bridgehead atoms. The smallest absolute Gasteiger partial charge is 0.107 e. The maximum atomic E-state index is 5.92. The summed E-state index contributed by atoms with van der Waals surface area (Å²) in [6, 6.07) is 0. The summed E-state index contributed by atoms with van der Waals surface area (Å²) in [6.45, 7) is 10.2. The Kier molecular flexibility index (Phi) is 4.37. The first-order chi connectivity index (χ1) is 8.48. The van der Waals surface area contributed by atoms with Crippen LogP contribution in [0.2, 0.25) is 0 Å². The Morgan fingerprint density at radius 2 is 2.39 bits per heavy atom. The molecule has 2 rings (SSSR count). The summed E-state index contributed by atoms with van der Waals surface area (Å²) >= 11 is 1.73. The number of nitrogens with zero attached hydrogens (tertiary/aromatic N) is 2. The second kappa shape index (κ2) is 5.65. The topological polar surface area (TPSA) is 37.4 Å². The Morgan fingerprint density at radius 3 is 3.06 bits per heavy atom. The molecule has 0 spiro atoms. The molecule has 1 atom stereocenters. The number of hydrogen-bond acceptors (Lipinski definition) is 5. The minimum absolute atomic E-state index is 0.0541. The second-order valence-electron chi connectivity index (χ2n) is 5.62. The van der Waals surface area contributed by atoms with Gasteiger partial charge in [0.1, 0.15) is 5.01 Å². The van der Waals surface area contributed by atoms with Crippen molar-refractivity contribution < 1.29 is 4.74 Å². The van der Waals surface area contributed by atoms with Crippen molar-refractivity contribution >= 4 is 11.3 Å². The number of ether oxygens (including phenoxy) is 1. The van der Waals surface area contributed by atoms with Crippen LogP contribution in [0.4, 0.5) is 0 Å². The van der Waals surface area contributed by atoms with Gasteiger partial charge >= 0.3 is 0 Å². The SMILES string of the molecule is CNCc1nc(CN2CC(C)OC(C)(C)C2)cs1. The number of rotatable bonds is 4. The van der Waals surface area contributed by atoms with Crippen LogP contribution in [0, 0.1) is 0 Å². The van der Waals surface area contributed by atoms with Gasteiger partial charge in [0.05, 0.1) is 17.4 Å². The van der Waals surface area contributed by atoms with Crippen LogP contribution in [0.15, 0.2) is 5.38 Å². The zero-order valence-corrected chi connectivity index (χ0v) is 12.5. The Labute approximate surface area is 113 Å². The Morgan fingerprint density at radius 1 is 1.61 bits per heavy atom. The molecule has 5 heteroatoms. The minimum atomic E-state index is -0.0541. The van der Waals surface area contributed by atoms with E-state index in [1.54, 1.807) is 11.3 Å². The van der Waals surface area contributed by atoms with Crippen molar-refractivity contribution in [2.75, 3.05) is 20.1 Å². The first-order valence-electron chi connectivity index (χ1n) is 6.46. The van der Waals surface area contributed by atoms with Crippen molar-refractivity contribution in [1.82, 2.24) is 15.2 Å². The first kappa shape index (κ1) is 13.9. The van der Waals surface area contributed by atoms with E-state index in [1.807, 2.05) is 7.05 Å². The maximum absolute atomic E-state index is 5.92. The van der Waals surface area contributed by atoms with E-state index >= 15 is 0 Å². The van der Waals surface area contributed by atoms with E-state index in [9.17, 15) is 0 Å². The van der Waals surface area contributed by atoms with E-state index in [1.165, 1.54) is 5.69 Å². The number of aromatic nitrogens is 1. The molecule has 1 fully saturated rings. The summed E-state index contributed by atoms with van der Waals surface area (Å²) in [6.07, 6.45) is 0.296. The summed E-state index contributed by atoms with van der Waals surface area (Å²) in [7, 11) is 1.95. The van der Waals surface area contributed by atoms with Crippen LogP contribution in [0.3, 0.4) is 0 Å². The van der Waals surface area contributed by atoms with E-state index in [4.69, 9.17) is 4.74 Å². The van der Waals surface area contributed by atoms with Gasteiger partial charge in [0.25, 0.3) is 0 Å². The summed E-state index contributed by atoms with van der Waals surface area (Å²) in [5, 5.41) is 6.46. The molecule has 1 saturated heterocycles. The Hall–Kier alpha value is -0.490. The molecule has 1 aromatic heterocycles. The molecule has 18 heavy (non-hydrogen) atoms. The first-order valence-corrected chi connectivity index (χ1v) is 7.34. The van der Waals surface area contributed by atoms with Gasteiger partial charge < -0.3 is 10.1 Å². The van der Waals surface area contributed by atoms with Gasteiger partial charge in [-0.1, -0.05) is 0 Å². The molecule has 0 radical (unpaired) electrons. The zero-order valence-electron chi connectivity index (χ0n) is 11.7. The van der Waals surface area contributed by atoms with E-state index in [2.05, 4.69) is 41.4 Å². The lowest BCUT2D eigenvalue weighted by molar-refractivity contribution is -0.130. The fourth-order valence-corrected chi connectivity index (χ4v) is 3.39. The van der Waals surface area contributed by atoms with Gasteiger partial charge in [-0.05, 0) is 27.8 Å². The van der Waals surface area contributed by atoms with E-state index in [-0.39, 0.29) is 5.60 Å². The Balaban J connectivity index is 1.95. The van der Waals surface area contributed by atoms with Crippen molar-refractivity contribution in [2.24, 2.45) is 0 Å². The molecule has 2 heterocycles. The van der Waals surface area contributed by atoms with Crippen LogP contribution in [0.25, 0.3) is 0 Å². The zero-order chi connectivity index (χ0) is 13.2. The summed E-state index contributed by atoms with van der Waals surface area (Å²) in [5.41, 5.74) is 1.12. The van der Waals surface area contributed by atoms with Crippen LogP contribution in [0.5, 0.6) is 0 Å². The highest BCUT2D eigenvalue weighted by Crippen LogP contribution is 2.22. The average Bonchev–Trinajstić information content (AvgIpc) is 2.62. The lowest BCUT2D eigenvalue weighted by Crippen LogP contribution is -2.51. The molecule has 0 saturated carbocycles. The number of morpholine rings is 1. The molecule has 0 amide bonds. The van der Waals surface area contributed by atoms with Crippen molar-refractivity contribution in [3.8, 4) is 0 Å². The molecular weight excluding hydrogens is 246 g/mol. The molecule has 1 aliphatic heterocycles. The predicted octanol–water partition coefficient (Wildman–Crippen LogP) is 1.86. The van der Waals surface area contributed by atoms with Crippen molar-refractivity contribution in [3.63, 3.8) is 0 Å². The number of thiazole rings is 1. The standard InChI is InChI=1S/C13H23N3OS/c1-10-6-16(9-13(2,3)17-10)7-11-8-18-12(15-11)5-14-4/h8,10,14H,5-7,9H2,1-4H3. The second-order valence-corrected chi connectivity index (χ2v) is 6.56. The van der Waals surface area contributed by atoms with Crippen LogP contribution < -0.4 is 5.32 Å². The largest absolute Gasteiger partial charge is 0.370 e. The lowest BCUT2D eigenvalue weighted by Gasteiger charge is -2.41. The van der Waals surface area contributed by atoms with Gasteiger partial charge in [-0.2, -0.15) is 0 Å². The molecule has 102 valence electrons. The molecule has 1 unspecified atom stereocenters. The van der Waals surface area contributed by atoms with Crippen LogP contribution in [-0.4, -0.2) is 41.7 Å². The van der Waals surface area contributed by atoms with Gasteiger partial charge in [0.15, 0.2) is 0 Å². The summed E-state index contributed by atoms with van der Waals surface area (Å²) in [4.78, 5) is 7.08. The molecule has 1 aliphatic rings. The molecular formula is C13H23N3OS. The fourth-order valence-electron chi connectivity index (χ4n) is 2.59. The number of hydrogen-bond donors (Lipinski definition) is 1. The quantitative estimate of drug-likeness (QED) is 0.905. The van der Waals surface area contributed by atoms with Crippen LogP contribution in [-0.2, 0) is 17.8 Å². The highest BCUT2D eigenvalue weighted by molar-refractivity contribution is 7.09. The summed E-state index contributed by atoms with van der Waals surface area (Å²) in [5.74, 6) is 0. The van der Waals surface area contributed by atoms with E-state index in [0.717, 1.165) is 31.2 Å². The maximum Gasteiger partial charge on any atom is 0.107 e. The average molecular weight is 269 g/mol. The third kappa shape index (κ3) is 3.75. The molecule has 1 N–H and O–H groups in total. The summed E-state index contributed by atoms with van der Waals surface area (Å²) < 4.78 is 5.92. The van der Waals surface area contributed by atoms with Gasteiger partial charge in [-0.25, -0.2) is 4.98 Å². The fraction of sp³-hybridized carbons (Fsp3) is 0.769. The third-order valence-electron chi connectivity index (χ3n) is 2.95. The van der Waals surface area contributed by atoms with Crippen molar-refractivity contribution in [3.05, 3.63) is 16.1 Å².